The van der Waals surface area contributed by atoms with Crippen LogP contribution in [-0.2, 0) is 14.5 Å². The molecule has 0 radical (unpaired) electrons. The number of anilines is 1. The Morgan fingerprint density at radius 1 is 0.970 bits per heavy atom. The van der Waals surface area contributed by atoms with Gasteiger partial charge in [-0.05, 0) is 28.3 Å². The fraction of sp³-hybridized carbons (Fsp3) is 0.200. The Labute approximate surface area is 193 Å². The summed E-state index contributed by atoms with van der Waals surface area (Å²) >= 11 is 7.39. The minimum atomic E-state index is -1.19. The normalized spacial score (nSPS) is 26.6. The molecule has 0 aromatic heterocycles. The highest BCUT2D eigenvalue weighted by Crippen LogP contribution is 2.66. The highest BCUT2D eigenvalue weighted by atomic mass is 35.5. The van der Waals surface area contributed by atoms with Crippen LogP contribution in [0.25, 0.3) is 0 Å². The van der Waals surface area contributed by atoms with Gasteiger partial charge in [0.2, 0.25) is 11.8 Å². The van der Waals surface area contributed by atoms with Gasteiger partial charge in [0.25, 0.3) is 5.69 Å². The zero-order valence-corrected chi connectivity index (χ0v) is 18.2. The number of benzene rings is 3. The van der Waals surface area contributed by atoms with E-state index in [9.17, 15) is 19.7 Å². The summed E-state index contributed by atoms with van der Waals surface area (Å²) in [5.41, 5.74) is 3.57. The second kappa shape index (κ2) is 6.65. The molecule has 8 heteroatoms. The van der Waals surface area contributed by atoms with E-state index in [1.807, 2.05) is 48.5 Å². The van der Waals surface area contributed by atoms with Crippen LogP contribution in [0.5, 0.6) is 5.75 Å². The van der Waals surface area contributed by atoms with Gasteiger partial charge < -0.3 is 4.74 Å². The van der Waals surface area contributed by atoms with Crippen LogP contribution in [0.2, 0.25) is 0 Å². The number of non-ortho nitro benzene ring substituents is 1. The third-order valence-electron chi connectivity index (χ3n) is 7.13. The van der Waals surface area contributed by atoms with Crippen LogP contribution < -0.4 is 9.64 Å². The van der Waals surface area contributed by atoms with Crippen LogP contribution in [0, 0.1) is 22.0 Å². The summed E-state index contributed by atoms with van der Waals surface area (Å²) in [5, 5.41) is 11.2. The number of alkyl halides is 1. The van der Waals surface area contributed by atoms with Crippen LogP contribution in [0.4, 0.5) is 11.4 Å². The maximum absolute atomic E-state index is 13.9. The number of nitro groups is 1. The molecule has 7 rings (SSSR count). The number of hydrogen-bond donors (Lipinski definition) is 0. The van der Waals surface area contributed by atoms with Gasteiger partial charge in [0, 0.05) is 12.0 Å². The monoisotopic (exact) mass is 460 g/mol. The minimum absolute atomic E-state index is 0.0792. The molecule has 3 aliphatic carbocycles. The molecule has 3 aromatic carbocycles. The van der Waals surface area contributed by atoms with Crippen molar-refractivity contribution in [2.24, 2.45) is 11.8 Å². The summed E-state index contributed by atoms with van der Waals surface area (Å²) in [6, 6.07) is 19.2. The van der Waals surface area contributed by atoms with Gasteiger partial charge in [-0.2, -0.15) is 0 Å². The number of hydrogen-bond acceptors (Lipinski definition) is 5. The summed E-state index contributed by atoms with van der Waals surface area (Å²) in [5.74, 6) is -2.53. The second-order valence-corrected chi connectivity index (χ2v) is 9.09. The van der Waals surface area contributed by atoms with E-state index in [-0.39, 0.29) is 28.9 Å². The molecule has 1 aliphatic heterocycles. The first kappa shape index (κ1) is 19.9. The Morgan fingerprint density at radius 2 is 1.58 bits per heavy atom. The van der Waals surface area contributed by atoms with E-state index in [1.54, 1.807) is 0 Å². The minimum Gasteiger partial charge on any atom is -0.494 e. The molecule has 1 fully saturated rings. The van der Waals surface area contributed by atoms with E-state index in [4.69, 9.17) is 16.3 Å². The summed E-state index contributed by atoms with van der Waals surface area (Å²) < 4.78 is 5.33. The van der Waals surface area contributed by atoms with Gasteiger partial charge in [-0.15, -0.1) is 11.6 Å². The number of nitro benzene ring substituents is 1. The van der Waals surface area contributed by atoms with Gasteiger partial charge in [-0.1, -0.05) is 48.5 Å². The number of nitrogens with zero attached hydrogens (tertiary/aromatic N) is 2. The van der Waals surface area contributed by atoms with Gasteiger partial charge in [0.15, 0.2) is 0 Å². The third kappa shape index (κ3) is 2.35. The fourth-order valence-corrected chi connectivity index (χ4v) is 6.45. The molecular weight excluding hydrogens is 444 g/mol. The first-order valence-electron chi connectivity index (χ1n) is 10.5. The Balaban J connectivity index is 1.57. The van der Waals surface area contributed by atoms with Gasteiger partial charge in [-0.3, -0.25) is 19.7 Å². The average molecular weight is 461 g/mol. The van der Waals surface area contributed by atoms with Crippen molar-refractivity contribution in [1.29, 1.82) is 0 Å². The number of imide groups is 1. The highest BCUT2D eigenvalue weighted by Gasteiger charge is 2.68. The summed E-state index contributed by atoms with van der Waals surface area (Å²) in [7, 11) is 1.35. The lowest BCUT2D eigenvalue weighted by Crippen LogP contribution is -2.50. The topological polar surface area (TPSA) is 89.8 Å². The quantitative estimate of drug-likeness (QED) is 0.251. The molecular formula is C25H17ClN2O5. The molecule has 7 nitrogen and oxygen atoms in total. The fourth-order valence-electron chi connectivity index (χ4n) is 5.88. The van der Waals surface area contributed by atoms with Gasteiger partial charge >= 0.3 is 0 Å². The molecule has 2 amide bonds. The third-order valence-corrected chi connectivity index (χ3v) is 7.77. The van der Waals surface area contributed by atoms with Crippen molar-refractivity contribution in [3.63, 3.8) is 0 Å². The number of carbonyl (C=O) groups excluding carboxylic acids is 2. The number of halogens is 1. The molecule has 2 atom stereocenters. The Hall–Kier alpha value is -3.71. The maximum Gasteiger partial charge on any atom is 0.273 e. The lowest BCUT2D eigenvalue weighted by molar-refractivity contribution is -0.384. The largest absolute Gasteiger partial charge is 0.494 e. The molecule has 0 unspecified atom stereocenters. The van der Waals surface area contributed by atoms with Crippen molar-refractivity contribution in [3.8, 4) is 5.75 Å². The molecule has 1 heterocycles. The molecule has 3 aromatic rings. The molecule has 164 valence electrons. The lowest BCUT2D eigenvalue weighted by atomic mass is 9.54. The Morgan fingerprint density at radius 3 is 2.15 bits per heavy atom. The van der Waals surface area contributed by atoms with E-state index < -0.39 is 27.5 Å². The van der Waals surface area contributed by atoms with Crippen molar-refractivity contribution in [2.45, 2.75) is 10.8 Å². The van der Waals surface area contributed by atoms with Crippen molar-refractivity contribution in [2.75, 3.05) is 12.0 Å². The molecule has 4 aliphatic rings. The van der Waals surface area contributed by atoms with Crippen LogP contribution >= 0.6 is 11.6 Å². The molecule has 2 bridgehead atoms. The number of methoxy groups -OCH3 is 1. The van der Waals surface area contributed by atoms with Crippen molar-refractivity contribution in [3.05, 3.63) is 99.1 Å². The summed E-state index contributed by atoms with van der Waals surface area (Å²) in [4.78, 5) is 38.3. The molecule has 1 saturated heterocycles. The summed E-state index contributed by atoms with van der Waals surface area (Å²) in [6.45, 7) is 0. The van der Waals surface area contributed by atoms with Crippen molar-refractivity contribution < 1.29 is 19.2 Å². The molecule has 0 spiro atoms. The van der Waals surface area contributed by atoms with Crippen LogP contribution in [-0.4, -0.2) is 23.8 Å². The van der Waals surface area contributed by atoms with Gasteiger partial charge in [0.05, 0.1) is 35.6 Å². The molecule has 0 saturated carbocycles. The van der Waals surface area contributed by atoms with Gasteiger partial charge in [-0.25, -0.2) is 4.90 Å². The Bertz CT molecular complexity index is 1340. The first-order chi connectivity index (χ1) is 15.9. The zero-order valence-electron chi connectivity index (χ0n) is 17.4. The molecule has 33 heavy (non-hydrogen) atoms. The average Bonchev–Trinajstić information content (AvgIpc) is 3.10. The maximum atomic E-state index is 13.9. The second-order valence-electron chi connectivity index (χ2n) is 8.49. The van der Waals surface area contributed by atoms with Crippen molar-refractivity contribution >= 4 is 34.8 Å². The number of carbonyl (C=O) groups is 2. The van der Waals surface area contributed by atoms with E-state index in [0.29, 0.717) is 0 Å². The SMILES string of the molecule is COc1cc([N+](=O)[O-])ccc1N1C(=O)[C@@H]2C3c4ccccc4C(Cl)(c4ccccc43)[C@H]2C1=O. The predicted molar refractivity (Wildman–Crippen MR) is 120 cm³/mol. The van der Waals surface area contributed by atoms with E-state index in [1.165, 1.54) is 25.3 Å². The van der Waals surface area contributed by atoms with E-state index in [0.717, 1.165) is 27.2 Å². The predicted octanol–water partition coefficient (Wildman–Crippen LogP) is 4.35. The van der Waals surface area contributed by atoms with Crippen molar-refractivity contribution in [1.82, 2.24) is 0 Å². The Kier molecular flexibility index (Phi) is 4.02. The standard InChI is InChI=1S/C25H17ClN2O5/c1-33-19-12-13(28(31)32)10-11-18(19)27-23(29)21-20-14-6-2-4-8-16(14)25(26,22(21)24(27)30)17-9-5-3-7-15(17)20/h2-12,20-22H,1H3/t20?,21-,22-,25?/m1/s1. The van der Waals surface area contributed by atoms with Gasteiger partial charge in [0.1, 0.15) is 10.6 Å². The number of rotatable bonds is 3. The summed E-state index contributed by atoms with van der Waals surface area (Å²) in [6.07, 6.45) is 0. The lowest BCUT2D eigenvalue weighted by Gasteiger charge is -2.50. The van der Waals surface area contributed by atoms with Crippen LogP contribution in [0.1, 0.15) is 28.2 Å². The van der Waals surface area contributed by atoms with Crippen LogP contribution in [0.15, 0.2) is 66.7 Å². The number of ether oxygens (including phenoxy) is 1. The molecule has 0 N–H and O–H groups in total. The first-order valence-corrected chi connectivity index (χ1v) is 10.8. The van der Waals surface area contributed by atoms with E-state index in [2.05, 4.69) is 0 Å². The zero-order chi connectivity index (χ0) is 23.1. The smallest absolute Gasteiger partial charge is 0.273 e. The van der Waals surface area contributed by atoms with E-state index >= 15 is 0 Å². The van der Waals surface area contributed by atoms with Crippen LogP contribution in [0.3, 0.4) is 0 Å². The highest BCUT2D eigenvalue weighted by molar-refractivity contribution is 6.33. The number of amides is 2.